The van der Waals surface area contributed by atoms with Gasteiger partial charge in [-0.2, -0.15) is 5.10 Å². The van der Waals surface area contributed by atoms with Crippen molar-refractivity contribution >= 4 is 34.5 Å². The third-order valence-electron chi connectivity index (χ3n) is 1.92. The number of nitrogens with one attached hydrogen (secondary N) is 2. The molecule has 7 heteroatoms. The van der Waals surface area contributed by atoms with E-state index < -0.39 is 12.1 Å². The summed E-state index contributed by atoms with van der Waals surface area (Å²) >= 11 is 2.10. The largest absolute Gasteiger partial charge is 0.338 e. The zero-order valence-electron chi connectivity index (χ0n) is 9.03. The molecule has 3 amide bonds. The standard InChI is InChI=1S/C9H13IN4O2/c1-3-11-9(16)13-8(15)6(2)14-5-7(10)4-12-14/h4-6H,3H2,1-2H3,(H2,11,13,15,16). The lowest BCUT2D eigenvalue weighted by Crippen LogP contribution is -2.42. The van der Waals surface area contributed by atoms with Gasteiger partial charge in [0.25, 0.3) is 5.91 Å². The van der Waals surface area contributed by atoms with Gasteiger partial charge in [-0.1, -0.05) is 0 Å². The molecule has 0 saturated heterocycles. The lowest BCUT2D eigenvalue weighted by Gasteiger charge is -2.11. The van der Waals surface area contributed by atoms with Crippen LogP contribution in [-0.2, 0) is 4.79 Å². The van der Waals surface area contributed by atoms with Crippen LogP contribution < -0.4 is 10.6 Å². The van der Waals surface area contributed by atoms with Crippen LogP contribution in [0.2, 0.25) is 0 Å². The minimum absolute atomic E-state index is 0.384. The number of hydrogen-bond acceptors (Lipinski definition) is 3. The molecule has 0 aromatic carbocycles. The highest BCUT2D eigenvalue weighted by Crippen LogP contribution is 2.08. The summed E-state index contributed by atoms with van der Waals surface area (Å²) in [6.07, 6.45) is 3.39. The fourth-order valence-corrected chi connectivity index (χ4v) is 1.48. The predicted molar refractivity (Wildman–Crippen MR) is 66.9 cm³/mol. The second kappa shape index (κ2) is 5.83. The van der Waals surface area contributed by atoms with Crippen molar-refractivity contribution in [3.05, 3.63) is 16.0 Å². The summed E-state index contributed by atoms with van der Waals surface area (Å²) in [4.78, 5) is 22.7. The fourth-order valence-electron chi connectivity index (χ4n) is 1.07. The van der Waals surface area contributed by atoms with Gasteiger partial charge in [-0.25, -0.2) is 4.79 Å². The average molecular weight is 336 g/mol. The van der Waals surface area contributed by atoms with Crippen molar-refractivity contribution in [2.75, 3.05) is 6.54 Å². The lowest BCUT2D eigenvalue weighted by molar-refractivity contribution is -0.123. The first-order chi connectivity index (χ1) is 7.54. The van der Waals surface area contributed by atoms with Gasteiger partial charge in [0.15, 0.2) is 0 Å². The number of carbonyl (C=O) groups is 2. The molecule has 2 N–H and O–H groups in total. The van der Waals surface area contributed by atoms with E-state index in [2.05, 4.69) is 38.3 Å². The van der Waals surface area contributed by atoms with Gasteiger partial charge in [-0.05, 0) is 36.4 Å². The first-order valence-electron chi connectivity index (χ1n) is 4.83. The highest BCUT2D eigenvalue weighted by atomic mass is 127. The normalized spacial score (nSPS) is 11.9. The Labute approximate surface area is 107 Å². The molecule has 0 aliphatic rings. The van der Waals surface area contributed by atoms with Gasteiger partial charge in [0.2, 0.25) is 0 Å². The molecule has 0 spiro atoms. The molecule has 0 aliphatic carbocycles. The number of hydrogen-bond donors (Lipinski definition) is 2. The number of urea groups is 1. The van der Waals surface area contributed by atoms with Crippen molar-refractivity contribution in [3.8, 4) is 0 Å². The van der Waals surface area contributed by atoms with E-state index >= 15 is 0 Å². The van der Waals surface area contributed by atoms with Gasteiger partial charge in [0.05, 0.1) is 9.77 Å². The van der Waals surface area contributed by atoms with Crippen LogP contribution in [0.3, 0.4) is 0 Å². The summed E-state index contributed by atoms with van der Waals surface area (Å²) in [5, 5.41) is 8.73. The summed E-state index contributed by atoms with van der Waals surface area (Å²) < 4.78 is 2.45. The van der Waals surface area contributed by atoms with Gasteiger partial charge < -0.3 is 5.32 Å². The average Bonchev–Trinajstić information content (AvgIpc) is 2.64. The molecule has 1 aromatic rings. The van der Waals surface area contributed by atoms with Crippen LogP contribution in [0.25, 0.3) is 0 Å². The number of imide groups is 1. The number of nitrogens with zero attached hydrogens (tertiary/aromatic N) is 2. The highest BCUT2D eigenvalue weighted by Gasteiger charge is 2.17. The summed E-state index contributed by atoms with van der Waals surface area (Å²) in [6, 6.07) is -0.993. The Kier molecular flexibility index (Phi) is 4.71. The molecule has 1 rings (SSSR count). The first kappa shape index (κ1) is 12.9. The Morgan fingerprint density at radius 3 is 2.81 bits per heavy atom. The molecule has 1 aromatic heterocycles. The first-order valence-corrected chi connectivity index (χ1v) is 5.90. The molecule has 6 nitrogen and oxygen atoms in total. The van der Waals surface area contributed by atoms with Gasteiger partial charge in [-0.3, -0.25) is 14.8 Å². The maximum Gasteiger partial charge on any atom is 0.321 e. The van der Waals surface area contributed by atoms with Crippen molar-refractivity contribution in [1.82, 2.24) is 20.4 Å². The fraction of sp³-hybridized carbons (Fsp3) is 0.444. The van der Waals surface area contributed by atoms with E-state index in [0.717, 1.165) is 3.57 Å². The van der Waals surface area contributed by atoms with Gasteiger partial charge in [0, 0.05) is 12.7 Å². The van der Waals surface area contributed by atoms with E-state index in [-0.39, 0.29) is 5.91 Å². The molecule has 0 radical (unpaired) electrons. The molecule has 0 aliphatic heterocycles. The molecule has 1 atom stereocenters. The summed E-state index contributed by atoms with van der Waals surface area (Å²) in [5.74, 6) is -0.384. The minimum Gasteiger partial charge on any atom is -0.338 e. The van der Waals surface area contributed by atoms with Crippen molar-refractivity contribution in [2.24, 2.45) is 0 Å². The number of halogens is 1. The van der Waals surface area contributed by atoms with Crippen molar-refractivity contribution in [3.63, 3.8) is 0 Å². The zero-order chi connectivity index (χ0) is 12.1. The van der Waals surface area contributed by atoms with Crippen molar-refractivity contribution < 1.29 is 9.59 Å². The molecule has 0 saturated carbocycles. The Balaban J connectivity index is 2.57. The highest BCUT2D eigenvalue weighted by molar-refractivity contribution is 14.1. The lowest BCUT2D eigenvalue weighted by atomic mass is 10.3. The van der Waals surface area contributed by atoms with Gasteiger partial charge in [-0.15, -0.1) is 0 Å². The van der Waals surface area contributed by atoms with Crippen LogP contribution in [0.4, 0.5) is 4.79 Å². The van der Waals surface area contributed by atoms with Crippen molar-refractivity contribution in [1.29, 1.82) is 0 Å². The summed E-state index contributed by atoms with van der Waals surface area (Å²) in [6.45, 7) is 3.94. The Morgan fingerprint density at radius 1 is 1.62 bits per heavy atom. The van der Waals surface area contributed by atoms with E-state index in [1.807, 2.05) is 0 Å². The number of carbonyl (C=O) groups excluding carboxylic acids is 2. The summed E-state index contributed by atoms with van der Waals surface area (Å²) in [7, 11) is 0. The quantitative estimate of drug-likeness (QED) is 0.805. The Morgan fingerprint density at radius 2 is 2.31 bits per heavy atom. The maximum atomic E-state index is 11.6. The number of aromatic nitrogens is 2. The van der Waals surface area contributed by atoms with E-state index in [1.54, 1.807) is 26.2 Å². The Bertz CT molecular complexity index is 391. The van der Waals surface area contributed by atoms with Crippen LogP contribution in [0.15, 0.2) is 12.4 Å². The second-order valence-electron chi connectivity index (χ2n) is 3.16. The van der Waals surface area contributed by atoms with E-state index in [4.69, 9.17) is 0 Å². The summed E-state index contributed by atoms with van der Waals surface area (Å²) in [5.41, 5.74) is 0. The molecular weight excluding hydrogens is 323 g/mol. The van der Waals surface area contributed by atoms with Gasteiger partial charge in [0.1, 0.15) is 6.04 Å². The van der Waals surface area contributed by atoms with Gasteiger partial charge >= 0.3 is 6.03 Å². The molecule has 0 bridgehead atoms. The van der Waals surface area contributed by atoms with E-state index in [0.29, 0.717) is 6.54 Å². The third kappa shape index (κ3) is 3.47. The zero-order valence-corrected chi connectivity index (χ0v) is 11.2. The van der Waals surface area contributed by atoms with Crippen LogP contribution in [0, 0.1) is 3.57 Å². The maximum absolute atomic E-state index is 11.6. The third-order valence-corrected chi connectivity index (χ3v) is 2.48. The number of amides is 3. The molecule has 1 unspecified atom stereocenters. The van der Waals surface area contributed by atoms with Crippen LogP contribution in [0.1, 0.15) is 19.9 Å². The van der Waals surface area contributed by atoms with Crippen LogP contribution in [-0.4, -0.2) is 28.3 Å². The SMILES string of the molecule is CCNC(=O)NC(=O)C(C)n1cc(I)cn1. The van der Waals surface area contributed by atoms with Crippen LogP contribution >= 0.6 is 22.6 Å². The molecule has 16 heavy (non-hydrogen) atoms. The second-order valence-corrected chi connectivity index (χ2v) is 4.41. The predicted octanol–water partition coefficient (Wildman–Crippen LogP) is 0.894. The van der Waals surface area contributed by atoms with E-state index in [1.165, 1.54) is 4.68 Å². The number of rotatable bonds is 3. The molecule has 0 fully saturated rings. The van der Waals surface area contributed by atoms with Crippen LogP contribution in [0.5, 0.6) is 0 Å². The smallest absolute Gasteiger partial charge is 0.321 e. The minimum atomic E-state index is -0.508. The molecule has 88 valence electrons. The molecule has 1 heterocycles. The molecular formula is C9H13IN4O2. The Hall–Kier alpha value is -1.12. The monoisotopic (exact) mass is 336 g/mol. The van der Waals surface area contributed by atoms with E-state index in [9.17, 15) is 9.59 Å². The van der Waals surface area contributed by atoms with Crippen molar-refractivity contribution in [2.45, 2.75) is 19.9 Å². The topological polar surface area (TPSA) is 76.0 Å².